The van der Waals surface area contributed by atoms with Gasteiger partial charge in [0.05, 0.1) is 30.4 Å². The zero-order valence-electron chi connectivity index (χ0n) is 20.3. The van der Waals surface area contributed by atoms with Gasteiger partial charge in [0.25, 0.3) is 5.91 Å². The third-order valence-corrected chi connectivity index (χ3v) is 6.91. The van der Waals surface area contributed by atoms with Gasteiger partial charge < -0.3 is 20.7 Å². The van der Waals surface area contributed by atoms with Gasteiger partial charge in [-0.25, -0.2) is 13.6 Å². The van der Waals surface area contributed by atoms with Gasteiger partial charge in [0.1, 0.15) is 0 Å². The van der Waals surface area contributed by atoms with Crippen LogP contribution in [0.4, 0.5) is 5.69 Å². The van der Waals surface area contributed by atoms with E-state index < -0.39 is 27.5 Å². The summed E-state index contributed by atoms with van der Waals surface area (Å²) in [7, 11) is -2.71. The van der Waals surface area contributed by atoms with E-state index in [2.05, 4.69) is 15.6 Å². The molecule has 0 fully saturated rings. The number of primary sulfonamides is 1. The zero-order valence-corrected chi connectivity index (χ0v) is 21.1. The number of oxime groups is 1. The second kappa shape index (κ2) is 10.8. The van der Waals surface area contributed by atoms with Gasteiger partial charge in [0.2, 0.25) is 15.6 Å². The van der Waals surface area contributed by atoms with Crippen molar-refractivity contribution in [3.8, 4) is 11.1 Å². The minimum atomic E-state index is -3.93. The number of hydrogen-bond acceptors (Lipinski definition) is 9. The van der Waals surface area contributed by atoms with Crippen LogP contribution >= 0.6 is 0 Å². The number of carbonyl (C=O) groups excluding carboxylic acids is 2. The molecule has 0 radical (unpaired) electrons. The fourth-order valence-electron chi connectivity index (χ4n) is 4.05. The summed E-state index contributed by atoms with van der Waals surface area (Å²) in [5.41, 5.74) is 1.64. The zero-order chi connectivity index (χ0) is 27.3. The maximum absolute atomic E-state index is 13.4. The van der Waals surface area contributed by atoms with Gasteiger partial charge in [-0.3, -0.25) is 9.59 Å². The van der Waals surface area contributed by atoms with E-state index in [-0.39, 0.29) is 17.7 Å². The largest absolute Gasteiger partial charge is 0.469 e. The Morgan fingerprint density at radius 2 is 1.84 bits per heavy atom. The average Bonchev–Trinajstić information content (AvgIpc) is 3.34. The molecule has 3 aromatic rings. The van der Waals surface area contributed by atoms with E-state index in [4.69, 9.17) is 20.6 Å². The number of methoxy groups -OCH3 is 1. The predicted octanol–water partition coefficient (Wildman–Crippen LogP) is 2.36. The third kappa shape index (κ3) is 5.71. The van der Waals surface area contributed by atoms with Gasteiger partial charge in [0.15, 0.2) is 0 Å². The van der Waals surface area contributed by atoms with E-state index in [9.17, 15) is 18.0 Å². The summed E-state index contributed by atoms with van der Waals surface area (Å²) >= 11 is 0. The van der Waals surface area contributed by atoms with Gasteiger partial charge in [0, 0.05) is 23.2 Å². The molecule has 1 unspecified atom stereocenters. The maximum atomic E-state index is 13.4. The molecule has 1 amide bonds. The van der Waals surface area contributed by atoms with Gasteiger partial charge in [-0.15, -0.1) is 0 Å². The monoisotopic (exact) mass is 535 g/mol. The van der Waals surface area contributed by atoms with Crippen molar-refractivity contribution >= 4 is 39.5 Å². The van der Waals surface area contributed by atoms with Crippen LogP contribution in [0.2, 0.25) is 0 Å². The lowest BCUT2D eigenvalue weighted by Gasteiger charge is -2.24. The first-order chi connectivity index (χ1) is 18.1. The first kappa shape index (κ1) is 26.5. The van der Waals surface area contributed by atoms with E-state index >= 15 is 0 Å². The summed E-state index contributed by atoms with van der Waals surface area (Å²) in [4.78, 5) is 31.2. The Bertz CT molecular complexity index is 1540. The molecule has 0 saturated carbocycles. The number of nitrogens with one attached hydrogen (secondary N) is 1. The SMILES string of the molecule is COC(=O)CC1(C(=O)Nc2ccc(-c3ccccc3S(N)(=O)=O)cc2)CC(c2cccc(C=NN)c2)=NO1. The van der Waals surface area contributed by atoms with Gasteiger partial charge in [-0.05, 0) is 35.4 Å². The van der Waals surface area contributed by atoms with Crippen molar-refractivity contribution in [1.82, 2.24) is 0 Å². The fourth-order valence-corrected chi connectivity index (χ4v) is 4.81. The summed E-state index contributed by atoms with van der Waals surface area (Å²) < 4.78 is 28.7. The predicted molar refractivity (Wildman–Crippen MR) is 142 cm³/mol. The Hall–Kier alpha value is -4.55. The Morgan fingerprint density at radius 3 is 2.53 bits per heavy atom. The Balaban J connectivity index is 1.57. The summed E-state index contributed by atoms with van der Waals surface area (Å²) in [5.74, 6) is 4.00. The molecule has 0 bridgehead atoms. The van der Waals surface area contributed by atoms with Gasteiger partial charge in [-0.2, -0.15) is 5.10 Å². The number of nitrogens with two attached hydrogens (primary N) is 2. The highest BCUT2D eigenvalue weighted by atomic mass is 32.2. The molecule has 4 rings (SSSR count). The van der Waals surface area contributed by atoms with Crippen LogP contribution in [0.5, 0.6) is 0 Å². The molecule has 38 heavy (non-hydrogen) atoms. The number of carbonyl (C=O) groups is 2. The molecule has 11 nitrogen and oxygen atoms in total. The van der Waals surface area contributed by atoms with Gasteiger partial charge in [-0.1, -0.05) is 53.7 Å². The molecular weight excluding hydrogens is 510 g/mol. The molecule has 1 atom stereocenters. The molecule has 3 aromatic carbocycles. The van der Waals surface area contributed by atoms with Crippen LogP contribution in [-0.2, 0) is 29.2 Å². The lowest BCUT2D eigenvalue weighted by Crippen LogP contribution is -2.45. The quantitative estimate of drug-likeness (QED) is 0.172. The molecule has 5 N–H and O–H groups in total. The van der Waals surface area contributed by atoms with Crippen LogP contribution in [0.1, 0.15) is 24.0 Å². The summed E-state index contributed by atoms with van der Waals surface area (Å²) in [6.45, 7) is 0. The van der Waals surface area contributed by atoms with Crippen LogP contribution < -0.4 is 16.3 Å². The number of anilines is 1. The van der Waals surface area contributed by atoms with E-state index in [0.717, 1.165) is 5.56 Å². The van der Waals surface area contributed by atoms with Crippen LogP contribution in [0.15, 0.2) is 87.9 Å². The number of nitrogens with zero attached hydrogens (tertiary/aromatic N) is 2. The van der Waals surface area contributed by atoms with E-state index in [1.165, 1.54) is 19.4 Å². The first-order valence-corrected chi connectivity index (χ1v) is 12.9. The molecule has 1 heterocycles. The normalized spacial score (nSPS) is 17.1. The summed E-state index contributed by atoms with van der Waals surface area (Å²) in [6, 6.07) is 20.0. The number of hydrazone groups is 1. The van der Waals surface area contributed by atoms with Crippen LogP contribution in [0, 0.1) is 0 Å². The minimum absolute atomic E-state index is 0.0109. The molecule has 0 saturated heterocycles. The standard InChI is InChI=1S/C26H25N5O6S/c1-36-24(32)15-26(14-22(31-37-26)19-6-4-5-17(13-19)16-29-27)25(33)30-20-11-9-18(10-12-20)21-7-2-3-8-23(21)38(28,34)35/h2-13,16H,14-15,27H2,1H3,(H,30,33)(H2,28,34,35). The maximum Gasteiger partial charge on any atom is 0.310 e. The summed E-state index contributed by atoms with van der Waals surface area (Å²) in [5, 5.41) is 15.7. The topological polar surface area (TPSA) is 176 Å². The van der Waals surface area contributed by atoms with Crippen molar-refractivity contribution in [3.63, 3.8) is 0 Å². The fraction of sp³-hybridized carbons (Fsp3) is 0.154. The van der Waals surface area contributed by atoms with Crippen molar-refractivity contribution in [2.75, 3.05) is 12.4 Å². The molecular formula is C26H25N5O6S. The molecule has 0 aliphatic carbocycles. The number of benzene rings is 3. The smallest absolute Gasteiger partial charge is 0.310 e. The highest BCUT2D eigenvalue weighted by molar-refractivity contribution is 7.89. The van der Waals surface area contributed by atoms with Crippen molar-refractivity contribution in [3.05, 3.63) is 83.9 Å². The second-order valence-corrected chi connectivity index (χ2v) is 10.1. The molecule has 0 spiro atoms. The number of sulfonamides is 1. The van der Waals surface area contributed by atoms with Crippen molar-refractivity contribution < 1.29 is 27.6 Å². The second-order valence-electron chi connectivity index (χ2n) is 8.53. The van der Waals surface area contributed by atoms with Crippen LogP contribution in [-0.4, -0.2) is 44.9 Å². The highest BCUT2D eigenvalue weighted by Gasteiger charge is 2.49. The lowest BCUT2D eigenvalue weighted by atomic mass is 9.89. The number of rotatable bonds is 8. The van der Waals surface area contributed by atoms with E-state index in [0.29, 0.717) is 28.1 Å². The highest BCUT2D eigenvalue weighted by Crippen LogP contribution is 2.33. The number of amides is 1. The first-order valence-electron chi connectivity index (χ1n) is 11.3. The number of hydrogen-bond donors (Lipinski definition) is 3. The minimum Gasteiger partial charge on any atom is -0.469 e. The van der Waals surface area contributed by atoms with E-state index in [1.807, 2.05) is 0 Å². The molecule has 12 heteroatoms. The summed E-state index contributed by atoms with van der Waals surface area (Å²) in [6.07, 6.45) is 1.11. The Kier molecular flexibility index (Phi) is 7.55. The van der Waals surface area contributed by atoms with Crippen LogP contribution in [0.3, 0.4) is 0 Å². The molecule has 1 aliphatic rings. The van der Waals surface area contributed by atoms with Crippen molar-refractivity contribution in [1.29, 1.82) is 0 Å². The number of ether oxygens (including phenoxy) is 1. The van der Waals surface area contributed by atoms with Crippen LogP contribution in [0.25, 0.3) is 11.1 Å². The van der Waals surface area contributed by atoms with E-state index in [1.54, 1.807) is 66.7 Å². The van der Waals surface area contributed by atoms with Crippen molar-refractivity contribution in [2.45, 2.75) is 23.3 Å². The molecule has 1 aliphatic heterocycles. The molecule has 196 valence electrons. The Labute approximate surface area is 219 Å². The molecule has 0 aromatic heterocycles. The van der Waals surface area contributed by atoms with Crippen molar-refractivity contribution in [2.24, 2.45) is 21.2 Å². The lowest BCUT2D eigenvalue weighted by molar-refractivity contribution is -0.155. The van der Waals surface area contributed by atoms with Gasteiger partial charge >= 0.3 is 5.97 Å². The Morgan fingerprint density at radius 1 is 1.11 bits per heavy atom. The average molecular weight is 536 g/mol. The number of esters is 1. The third-order valence-electron chi connectivity index (χ3n) is 5.95.